The number of sulfonamides is 1. The summed E-state index contributed by atoms with van der Waals surface area (Å²) in [6, 6.07) is 4.41. The molecule has 4 N–H and O–H groups in total. The van der Waals surface area contributed by atoms with E-state index in [1.807, 2.05) is 0 Å². The zero-order valence-electron chi connectivity index (χ0n) is 7.77. The molecule has 15 heavy (non-hydrogen) atoms. The number of hydrogen-bond acceptors (Lipinski definition) is 4. The highest BCUT2D eigenvalue weighted by atomic mass is 79.9. The van der Waals surface area contributed by atoms with Crippen molar-refractivity contribution in [1.82, 2.24) is 4.72 Å². The largest absolute Gasteiger partial charge is 0.399 e. The molecule has 0 fully saturated rings. The Bertz CT molecular complexity index is 447. The predicted molar refractivity (Wildman–Crippen MR) is 60.8 cm³/mol. The summed E-state index contributed by atoms with van der Waals surface area (Å²) in [6.07, 6.45) is 0. The Morgan fingerprint density at radius 3 is 2.67 bits per heavy atom. The lowest BCUT2D eigenvalue weighted by Gasteiger charge is -2.07. The summed E-state index contributed by atoms with van der Waals surface area (Å²) in [7, 11) is -3.58. The van der Waals surface area contributed by atoms with Crippen molar-refractivity contribution in [3.63, 3.8) is 0 Å². The molecule has 84 valence electrons. The van der Waals surface area contributed by atoms with Gasteiger partial charge in [0.2, 0.25) is 10.0 Å². The van der Waals surface area contributed by atoms with E-state index in [0.29, 0.717) is 10.2 Å². The molecule has 0 saturated carbocycles. The summed E-state index contributed by atoms with van der Waals surface area (Å²) >= 11 is 3.11. The van der Waals surface area contributed by atoms with Crippen LogP contribution in [0.4, 0.5) is 5.69 Å². The predicted octanol–water partition coefficient (Wildman–Crippen LogP) is 0.302. The van der Waals surface area contributed by atoms with E-state index in [4.69, 9.17) is 10.8 Å². The van der Waals surface area contributed by atoms with Gasteiger partial charge in [-0.05, 0) is 34.1 Å². The maximum atomic E-state index is 11.6. The molecule has 1 rings (SSSR count). The summed E-state index contributed by atoms with van der Waals surface area (Å²) in [5, 5.41) is 8.53. The van der Waals surface area contributed by atoms with Crippen molar-refractivity contribution in [2.24, 2.45) is 0 Å². The first-order valence-corrected chi connectivity index (χ1v) is 6.40. The lowest BCUT2D eigenvalue weighted by molar-refractivity contribution is 0.301. The SMILES string of the molecule is Nc1ccc(S(=O)(=O)NCCO)c(Br)c1. The minimum absolute atomic E-state index is 0.0147. The number of nitrogens with two attached hydrogens (primary N) is 1. The maximum Gasteiger partial charge on any atom is 0.241 e. The molecule has 0 unspecified atom stereocenters. The Kier molecular flexibility index (Phi) is 4.09. The van der Waals surface area contributed by atoms with E-state index in [-0.39, 0.29) is 18.0 Å². The van der Waals surface area contributed by atoms with Crippen LogP contribution >= 0.6 is 15.9 Å². The molecule has 1 aromatic rings. The van der Waals surface area contributed by atoms with Gasteiger partial charge in [-0.2, -0.15) is 0 Å². The molecule has 7 heteroatoms. The van der Waals surface area contributed by atoms with Crippen molar-refractivity contribution in [2.45, 2.75) is 4.90 Å². The van der Waals surface area contributed by atoms with E-state index in [9.17, 15) is 8.42 Å². The smallest absolute Gasteiger partial charge is 0.241 e. The fourth-order valence-corrected chi connectivity index (χ4v) is 3.11. The monoisotopic (exact) mass is 294 g/mol. The van der Waals surface area contributed by atoms with Crippen LogP contribution in [0.15, 0.2) is 27.6 Å². The Hall–Kier alpha value is -0.630. The minimum Gasteiger partial charge on any atom is -0.399 e. The van der Waals surface area contributed by atoms with Gasteiger partial charge >= 0.3 is 0 Å². The van der Waals surface area contributed by atoms with Crippen LogP contribution in [0.3, 0.4) is 0 Å². The van der Waals surface area contributed by atoms with Crippen molar-refractivity contribution in [2.75, 3.05) is 18.9 Å². The minimum atomic E-state index is -3.58. The third-order valence-electron chi connectivity index (χ3n) is 1.65. The molecule has 1 aromatic carbocycles. The van der Waals surface area contributed by atoms with Gasteiger partial charge in [-0.25, -0.2) is 13.1 Å². The molecule has 0 heterocycles. The van der Waals surface area contributed by atoms with Crippen LogP contribution in [0.2, 0.25) is 0 Å². The van der Waals surface area contributed by atoms with Crippen LogP contribution in [0, 0.1) is 0 Å². The standard InChI is InChI=1S/C8H11BrN2O3S/c9-7-5-6(10)1-2-8(7)15(13,14)11-3-4-12/h1-2,5,11-12H,3-4,10H2. The van der Waals surface area contributed by atoms with Crippen molar-refractivity contribution >= 4 is 31.6 Å². The van der Waals surface area contributed by atoms with Crippen LogP contribution in [0.5, 0.6) is 0 Å². The molecule has 0 amide bonds. The van der Waals surface area contributed by atoms with E-state index in [1.54, 1.807) is 0 Å². The molecule has 0 aliphatic heterocycles. The summed E-state index contributed by atoms with van der Waals surface area (Å²) in [6.45, 7) is -0.259. The molecule has 0 aliphatic rings. The van der Waals surface area contributed by atoms with Gasteiger partial charge in [0.25, 0.3) is 0 Å². The van der Waals surface area contributed by atoms with Crippen molar-refractivity contribution in [3.05, 3.63) is 22.7 Å². The number of hydrogen-bond donors (Lipinski definition) is 3. The van der Waals surface area contributed by atoms with Gasteiger partial charge in [0.1, 0.15) is 0 Å². The molecule has 0 radical (unpaired) electrons. The number of aliphatic hydroxyl groups excluding tert-OH is 1. The number of rotatable bonds is 4. The molecule has 5 nitrogen and oxygen atoms in total. The fraction of sp³-hybridized carbons (Fsp3) is 0.250. The first kappa shape index (κ1) is 12.4. The molecule has 0 bridgehead atoms. The molecule has 0 aromatic heterocycles. The van der Waals surface area contributed by atoms with Gasteiger partial charge < -0.3 is 10.8 Å². The third kappa shape index (κ3) is 3.16. The van der Waals surface area contributed by atoms with Gasteiger partial charge in [-0.15, -0.1) is 0 Å². The second-order valence-corrected chi connectivity index (χ2v) is 5.40. The first-order valence-electron chi connectivity index (χ1n) is 4.13. The van der Waals surface area contributed by atoms with Crippen molar-refractivity contribution < 1.29 is 13.5 Å². The van der Waals surface area contributed by atoms with E-state index < -0.39 is 10.0 Å². The highest BCUT2D eigenvalue weighted by molar-refractivity contribution is 9.10. The molecule has 0 spiro atoms. The second kappa shape index (κ2) is 4.93. The topological polar surface area (TPSA) is 92.4 Å². The van der Waals surface area contributed by atoms with Gasteiger partial charge in [-0.1, -0.05) is 0 Å². The molecule has 0 aliphatic carbocycles. The highest BCUT2D eigenvalue weighted by Gasteiger charge is 2.16. The summed E-state index contributed by atoms with van der Waals surface area (Å²) in [4.78, 5) is 0.102. The Morgan fingerprint density at radius 1 is 1.47 bits per heavy atom. The first-order chi connectivity index (χ1) is 6.97. The van der Waals surface area contributed by atoms with Gasteiger partial charge in [0.05, 0.1) is 11.5 Å². The van der Waals surface area contributed by atoms with E-state index in [0.717, 1.165) is 0 Å². The van der Waals surface area contributed by atoms with E-state index in [1.165, 1.54) is 18.2 Å². The van der Waals surface area contributed by atoms with Crippen LogP contribution in [0.1, 0.15) is 0 Å². The fourth-order valence-electron chi connectivity index (χ4n) is 0.993. The zero-order valence-corrected chi connectivity index (χ0v) is 10.2. The number of nitrogens with one attached hydrogen (secondary N) is 1. The number of benzene rings is 1. The Labute approximate surface area is 96.5 Å². The zero-order chi connectivity index (χ0) is 11.5. The number of anilines is 1. The normalized spacial score (nSPS) is 11.6. The molecular formula is C8H11BrN2O3S. The Morgan fingerprint density at radius 2 is 2.13 bits per heavy atom. The third-order valence-corrected chi connectivity index (χ3v) is 4.09. The average molecular weight is 295 g/mol. The lowest BCUT2D eigenvalue weighted by atomic mass is 10.3. The molecular weight excluding hydrogens is 284 g/mol. The number of halogens is 1. The summed E-state index contributed by atoms with van der Waals surface area (Å²) in [5.74, 6) is 0. The summed E-state index contributed by atoms with van der Waals surface area (Å²) < 4.78 is 25.9. The maximum absolute atomic E-state index is 11.6. The number of aliphatic hydroxyl groups is 1. The average Bonchev–Trinajstić information content (AvgIpc) is 2.14. The van der Waals surface area contributed by atoms with Gasteiger partial charge in [0.15, 0.2) is 0 Å². The van der Waals surface area contributed by atoms with Gasteiger partial charge in [-0.3, -0.25) is 0 Å². The van der Waals surface area contributed by atoms with Crippen LogP contribution < -0.4 is 10.5 Å². The Balaban J connectivity index is 3.05. The highest BCUT2D eigenvalue weighted by Crippen LogP contribution is 2.23. The van der Waals surface area contributed by atoms with Crippen LogP contribution in [-0.2, 0) is 10.0 Å². The van der Waals surface area contributed by atoms with E-state index in [2.05, 4.69) is 20.7 Å². The van der Waals surface area contributed by atoms with E-state index >= 15 is 0 Å². The number of nitrogen functional groups attached to an aromatic ring is 1. The quantitative estimate of drug-likeness (QED) is 0.697. The van der Waals surface area contributed by atoms with Crippen molar-refractivity contribution in [1.29, 1.82) is 0 Å². The second-order valence-electron chi connectivity index (χ2n) is 2.81. The van der Waals surface area contributed by atoms with Crippen LogP contribution in [-0.4, -0.2) is 26.7 Å². The van der Waals surface area contributed by atoms with Crippen molar-refractivity contribution in [3.8, 4) is 0 Å². The summed E-state index contributed by atoms with van der Waals surface area (Å²) in [5.41, 5.74) is 5.96. The van der Waals surface area contributed by atoms with Crippen LogP contribution in [0.25, 0.3) is 0 Å². The van der Waals surface area contributed by atoms with Gasteiger partial charge in [0, 0.05) is 16.7 Å². The molecule has 0 saturated heterocycles. The molecule has 0 atom stereocenters. The lowest BCUT2D eigenvalue weighted by Crippen LogP contribution is -2.26.